The molecule has 0 amide bonds. The second kappa shape index (κ2) is 7.09. The molecule has 0 radical (unpaired) electrons. The maximum absolute atomic E-state index is 10.8. The third-order valence-electron chi connectivity index (χ3n) is 3.70. The van der Waals surface area contributed by atoms with Crippen LogP contribution >= 0.6 is 0 Å². The molecule has 0 unspecified atom stereocenters. The van der Waals surface area contributed by atoms with Gasteiger partial charge in [-0.25, -0.2) is 0 Å². The van der Waals surface area contributed by atoms with Gasteiger partial charge < -0.3 is 4.74 Å². The van der Waals surface area contributed by atoms with Gasteiger partial charge in [0.15, 0.2) is 0 Å². The fourth-order valence-electron chi connectivity index (χ4n) is 2.61. The van der Waals surface area contributed by atoms with Gasteiger partial charge in [0.05, 0.1) is 6.07 Å². The zero-order valence-electron chi connectivity index (χ0n) is 12.8. The second-order valence-electron chi connectivity index (χ2n) is 5.89. The molecule has 1 aliphatic rings. The van der Waals surface area contributed by atoms with E-state index < -0.39 is 0 Å². The Morgan fingerprint density at radius 3 is 2.75 bits per heavy atom. The van der Waals surface area contributed by atoms with E-state index in [1.807, 2.05) is 12.1 Å². The highest BCUT2D eigenvalue weighted by Crippen LogP contribution is 2.40. The van der Waals surface area contributed by atoms with Crippen molar-refractivity contribution in [1.29, 1.82) is 5.26 Å². The van der Waals surface area contributed by atoms with Crippen molar-refractivity contribution in [1.82, 2.24) is 0 Å². The zero-order valence-corrected chi connectivity index (χ0v) is 12.8. The molecule has 20 heavy (non-hydrogen) atoms. The van der Waals surface area contributed by atoms with Gasteiger partial charge in [-0.2, -0.15) is 5.26 Å². The van der Waals surface area contributed by atoms with Crippen molar-refractivity contribution >= 4 is 5.97 Å². The lowest BCUT2D eigenvalue weighted by atomic mass is 9.72. The molecule has 0 fully saturated rings. The van der Waals surface area contributed by atoms with Crippen molar-refractivity contribution in [2.24, 2.45) is 5.41 Å². The number of ether oxygens (including phenoxy) is 1. The molecule has 0 spiro atoms. The smallest absolute Gasteiger partial charge is 0.302 e. The molecule has 0 saturated carbocycles. The van der Waals surface area contributed by atoms with Crippen LogP contribution in [0.1, 0.15) is 47.0 Å². The van der Waals surface area contributed by atoms with Crippen molar-refractivity contribution in [3.63, 3.8) is 0 Å². The molecule has 3 heteroatoms. The molecule has 108 valence electrons. The molecule has 0 N–H and O–H groups in total. The van der Waals surface area contributed by atoms with E-state index in [9.17, 15) is 4.79 Å². The third kappa shape index (κ3) is 4.70. The van der Waals surface area contributed by atoms with Gasteiger partial charge in [0, 0.05) is 13.0 Å². The maximum atomic E-state index is 10.8. The van der Waals surface area contributed by atoms with E-state index in [1.54, 1.807) is 0 Å². The van der Waals surface area contributed by atoms with Crippen LogP contribution in [0.25, 0.3) is 0 Å². The maximum Gasteiger partial charge on any atom is 0.302 e. The number of hydrogen-bond donors (Lipinski definition) is 0. The fourth-order valence-corrected chi connectivity index (χ4v) is 2.61. The minimum absolute atomic E-state index is 0.145. The molecular weight excluding hydrogens is 250 g/mol. The Balaban J connectivity index is 2.90. The second-order valence-corrected chi connectivity index (χ2v) is 5.89. The van der Waals surface area contributed by atoms with Crippen LogP contribution in [0.2, 0.25) is 0 Å². The molecule has 0 aromatic carbocycles. The van der Waals surface area contributed by atoms with Crippen LogP contribution in [0.15, 0.2) is 34.9 Å². The molecule has 0 aromatic heterocycles. The minimum Gasteiger partial charge on any atom is -0.461 e. The van der Waals surface area contributed by atoms with Crippen molar-refractivity contribution in [2.75, 3.05) is 6.61 Å². The summed E-state index contributed by atoms with van der Waals surface area (Å²) in [5, 5.41) is 8.78. The number of esters is 1. The first kappa shape index (κ1) is 16.2. The molecule has 1 rings (SSSR count). The standard InChI is InChI=1S/C17H23NO2/c1-13-6-5-10-17(3,4)16(13)8-7-15(9-11-18)12-20-14(2)19/h7-9H,5-6,10,12H2,1-4H3/b8-7+,15-9-. The van der Waals surface area contributed by atoms with Gasteiger partial charge in [0.1, 0.15) is 6.61 Å². The largest absolute Gasteiger partial charge is 0.461 e. The summed E-state index contributed by atoms with van der Waals surface area (Å²) in [7, 11) is 0. The van der Waals surface area contributed by atoms with Crippen LogP contribution in [0.3, 0.4) is 0 Å². The van der Waals surface area contributed by atoms with Crippen LogP contribution in [0.4, 0.5) is 0 Å². The van der Waals surface area contributed by atoms with E-state index in [1.165, 1.54) is 37.0 Å². The molecular formula is C17H23NO2. The summed E-state index contributed by atoms with van der Waals surface area (Å²) in [5.74, 6) is -0.337. The Morgan fingerprint density at radius 2 is 2.20 bits per heavy atom. The Morgan fingerprint density at radius 1 is 1.50 bits per heavy atom. The van der Waals surface area contributed by atoms with Gasteiger partial charge in [-0.15, -0.1) is 0 Å². The molecule has 1 aliphatic carbocycles. The summed E-state index contributed by atoms with van der Waals surface area (Å²) >= 11 is 0. The molecule has 0 atom stereocenters. The summed E-state index contributed by atoms with van der Waals surface area (Å²) < 4.78 is 4.95. The van der Waals surface area contributed by atoms with Gasteiger partial charge in [0.2, 0.25) is 0 Å². The monoisotopic (exact) mass is 273 g/mol. The van der Waals surface area contributed by atoms with Crippen molar-refractivity contribution < 1.29 is 9.53 Å². The van der Waals surface area contributed by atoms with Gasteiger partial charge >= 0.3 is 5.97 Å². The zero-order chi connectivity index (χ0) is 15.2. The Labute approximate surface area is 121 Å². The average molecular weight is 273 g/mol. The van der Waals surface area contributed by atoms with E-state index >= 15 is 0 Å². The van der Waals surface area contributed by atoms with Crippen LogP contribution in [0.5, 0.6) is 0 Å². The van der Waals surface area contributed by atoms with E-state index in [0.717, 1.165) is 6.42 Å². The summed E-state index contributed by atoms with van der Waals surface area (Å²) in [6, 6.07) is 1.99. The first-order valence-corrected chi connectivity index (χ1v) is 6.97. The molecule has 0 saturated heterocycles. The lowest BCUT2D eigenvalue weighted by Gasteiger charge is -2.33. The molecule has 0 heterocycles. The highest BCUT2D eigenvalue weighted by Gasteiger charge is 2.26. The summed E-state index contributed by atoms with van der Waals surface area (Å²) in [4.78, 5) is 10.8. The van der Waals surface area contributed by atoms with Gasteiger partial charge in [-0.1, -0.05) is 31.6 Å². The van der Waals surface area contributed by atoms with Crippen LogP contribution in [0, 0.1) is 16.7 Å². The number of carbonyl (C=O) groups excluding carboxylic acids is 1. The lowest BCUT2D eigenvalue weighted by molar-refractivity contribution is -0.139. The average Bonchev–Trinajstić information content (AvgIpc) is 2.34. The summed E-state index contributed by atoms with van der Waals surface area (Å²) in [6.07, 6.45) is 8.91. The highest BCUT2D eigenvalue weighted by atomic mass is 16.5. The molecule has 0 aliphatic heterocycles. The van der Waals surface area contributed by atoms with E-state index in [4.69, 9.17) is 10.00 Å². The summed E-state index contributed by atoms with van der Waals surface area (Å²) in [5.41, 5.74) is 3.61. The molecule has 0 bridgehead atoms. The predicted octanol–water partition coefficient (Wildman–Crippen LogP) is 4.08. The highest BCUT2D eigenvalue weighted by molar-refractivity contribution is 5.66. The summed E-state index contributed by atoms with van der Waals surface area (Å²) in [6.45, 7) is 8.17. The van der Waals surface area contributed by atoms with Crippen molar-refractivity contribution in [2.45, 2.75) is 47.0 Å². The fraction of sp³-hybridized carbons (Fsp3) is 0.529. The predicted molar refractivity (Wildman–Crippen MR) is 79.8 cm³/mol. The number of carbonyl (C=O) groups is 1. The van der Waals surface area contributed by atoms with Crippen molar-refractivity contribution in [3.05, 3.63) is 34.9 Å². The van der Waals surface area contributed by atoms with Crippen LogP contribution in [-0.2, 0) is 9.53 Å². The normalized spacial score (nSPS) is 19.1. The van der Waals surface area contributed by atoms with E-state index in [-0.39, 0.29) is 18.0 Å². The Kier molecular flexibility index (Phi) is 5.76. The first-order valence-electron chi connectivity index (χ1n) is 6.97. The quantitative estimate of drug-likeness (QED) is 0.440. The van der Waals surface area contributed by atoms with Gasteiger partial charge in [-0.05, 0) is 42.7 Å². The molecule has 3 nitrogen and oxygen atoms in total. The lowest BCUT2D eigenvalue weighted by Crippen LogP contribution is -2.19. The Bertz CT molecular complexity index is 502. The van der Waals surface area contributed by atoms with Crippen LogP contribution < -0.4 is 0 Å². The number of allylic oxidation sites excluding steroid dienone is 4. The molecule has 0 aromatic rings. The number of nitrogens with zero attached hydrogens (tertiary/aromatic N) is 1. The third-order valence-corrected chi connectivity index (χ3v) is 3.70. The SMILES string of the molecule is CC(=O)OCC(=C\C#N)/C=C/C1=C(C)CCCC1(C)C. The minimum atomic E-state index is -0.337. The van der Waals surface area contributed by atoms with Crippen molar-refractivity contribution in [3.8, 4) is 6.07 Å². The number of nitriles is 1. The number of rotatable bonds is 4. The van der Waals surface area contributed by atoms with E-state index in [0.29, 0.717) is 5.57 Å². The van der Waals surface area contributed by atoms with Gasteiger partial charge in [-0.3, -0.25) is 4.79 Å². The van der Waals surface area contributed by atoms with Crippen LogP contribution in [-0.4, -0.2) is 12.6 Å². The van der Waals surface area contributed by atoms with E-state index in [2.05, 4.69) is 26.8 Å². The topological polar surface area (TPSA) is 50.1 Å². The van der Waals surface area contributed by atoms with Gasteiger partial charge in [0.25, 0.3) is 0 Å². The first-order chi connectivity index (χ1) is 9.36. The number of hydrogen-bond acceptors (Lipinski definition) is 3. The Hall–Kier alpha value is -1.82.